The number of hydrogen-bond donors (Lipinski definition) is 3. The summed E-state index contributed by atoms with van der Waals surface area (Å²) >= 11 is 0. The molecule has 0 bridgehead atoms. The topological polar surface area (TPSA) is 171 Å². The molecular formula is C50H70N8O6. The third-order valence-corrected chi connectivity index (χ3v) is 12.5. The van der Waals surface area contributed by atoms with E-state index >= 15 is 0 Å². The molecular weight excluding hydrogens is 809 g/mol. The predicted octanol–water partition coefficient (Wildman–Crippen LogP) is 9.66. The molecule has 0 saturated heterocycles. The number of nitrogens with zero attached hydrogens (tertiary/aromatic N) is 5. The van der Waals surface area contributed by atoms with Crippen molar-refractivity contribution in [1.29, 1.82) is 0 Å². The number of nitrogens with one attached hydrogen (secondary N) is 3. The molecule has 4 aromatic rings. The van der Waals surface area contributed by atoms with Crippen LogP contribution in [0.25, 0.3) is 33.4 Å². The number of aromatic nitrogens is 3. The van der Waals surface area contributed by atoms with Gasteiger partial charge in [-0.25, -0.2) is 14.6 Å². The van der Waals surface area contributed by atoms with E-state index in [0.717, 1.165) is 50.4 Å². The Bertz CT molecular complexity index is 2440. The number of pyridine rings is 1. The minimum absolute atomic E-state index is 0.379. The minimum Gasteiger partial charge on any atom is -0.432 e. The summed E-state index contributed by atoms with van der Waals surface area (Å²) in [5, 5.41) is 6.40. The number of amides is 4. The van der Waals surface area contributed by atoms with Crippen molar-refractivity contribution in [3.05, 3.63) is 66.1 Å². The molecule has 0 fully saturated rings. The van der Waals surface area contributed by atoms with Crippen LogP contribution in [0.3, 0.4) is 0 Å². The van der Waals surface area contributed by atoms with Gasteiger partial charge in [0.05, 0.1) is 34.5 Å². The molecule has 0 aliphatic carbocycles. The molecule has 14 heteroatoms. The zero-order valence-corrected chi connectivity index (χ0v) is 41.2. The van der Waals surface area contributed by atoms with Crippen LogP contribution >= 0.6 is 0 Å². The smallest absolute Gasteiger partial charge is 0.410 e. The average Bonchev–Trinajstić information content (AvgIpc) is 3.80. The second-order valence-electron chi connectivity index (χ2n) is 22.0. The van der Waals surface area contributed by atoms with E-state index in [1.54, 1.807) is 42.0 Å². The van der Waals surface area contributed by atoms with Gasteiger partial charge in [0.2, 0.25) is 0 Å². The third kappa shape index (κ3) is 10.1. The van der Waals surface area contributed by atoms with Crippen LogP contribution < -0.4 is 10.6 Å². The monoisotopic (exact) mass is 879 g/mol. The van der Waals surface area contributed by atoms with Gasteiger partial charge in [0.1, 0.15) is 5.82 Å². The van der Waals surface area contributed by atoms with Crippen molar-refractivity contribution in [2.45, 2.75) is 127 Å². The fraction of sp³-hybridized carbons (Fsp3) is 0.540. The van der Waals surface area contributed by atoms with Gasteiger partial charge >= 0.3 is 12.2 Å². The number of fused-ring (bicyclic) bond motifs is 2. The van der Waals surface area contributed by atoms with Crippen LogP contribution in [0.5, 0.6) is 0 Å². The molecule has 0 spiro atoms. The van der Waals surface area contributed by atoms with Crippen molar-refractivity contribution in [2.75, 3.05) is 28.2 Å². The summed E-state index contributed by atoms with van der Waals surface area (Å²) in [5.74, 6) is -0.212. The van der Waals surface area contributed by atoms with Gasteiger partial charge < -0.3 is 34.9 Å². The molecule has 0 radical (unpaired) electrons. The Balaban J connectivity index is 1.35. The number of carbonyl (C=O) groups is 4. The molecule has 346 valence electrons. The lowest BCUT2D eigenvalue weighted by Crippen LogP contribution is -2.61. The summed E-state index contributed by atoms with van der Waals surface area (Å²) in [7, 11) is 6.36. The lowest BCUT2D eigenvalue weighted by Gasteiger charge is -2.42. The summed E-state index contributed by atoms with van der Waals surface area (Å²) < 4.78 is 11.7. The average molecular weight is 879 g/mol. The van der Waals surface area contributed by atoms with Gasteiger partial charge in [-0.05, 0) is 66.1 Å². The number of benzene rings is 2. The molecule has 1 aliphatic heterocycles. The maximum atomic E-state index is 14.1. The number of aliphatic imine (C=N–C) groups is 1. The largest absolute Gasteiger partial charge is 0.432 e. The van der Waals surface area contributed by atoms with Crippen molar-refractivity contribution in [3.8, 4) is 22.4 Å². The summed E-state index contributed by atoms with van der Waals surface area (Å²) in [6.07, 6.45) is 1.22. The maximum absolute atomic E-state index is 14.1. The number of H-pyrrole nitrogens is 1. The Morgan fingerprint density at radius 2 is 1.14 bits per heavy atom. The van der Waals surface area contributed by atoms with E-state index in [4.69, 9.17) is 24.4 Å². The number of ether oxygens (including phenoxy) is 2. The van der Waals surface area contributed by atoms with Crippen molar-refractivity contribution in [2.24, 2.45) is 26.7 Å². The highest BCUT2D eigenvalue weighted by Gasteiger charge is 2.51. The zero-order chi connectivity index (χ0) is 48.1. The summed E-state index contributed by atoms with van der Waals surface area (Å²) in [4.78, 5) is 74.4. The van der Waals surface area contributed by atoms with Crippen molar-refractivity contribution >= 4 is 46.4 Å². The quantitative estimate of drug-likeness (QED) is 0.141. The highest BCUT2D eigenvalue weighted by Crippen LogP contribution is 2.40. The first-order valence-corrected chi connectivity index (χ1v) is 21.9. The molecule has 64 heavy (non-hydrogen) atoms. The summed E-state index contributed by atoms with van der Waals surface area (Å²) in [6, 6.07) is 15.1. The summed E-state index contributed by atoms with van der Waals surface area (Å²) in [6.45, 7) is 26.8. The molecule has 3 N–H and O–H groups in total. The van der Waals surface area contributed by atoms with E-state index in [1.165, 1.54) is 9.80 Å². The van der Waals surface area contributed by atoms with Gasteiger partial charge in [-0.3, -0.25) is 19.6 Å². The Morgan fingerprint density at radius 1 is 0.641 bits per heavy atom. The number of imidazole rings is 1. The Hall–Kier alpha value is -5.79. The first-order chi connectivity index (χ1) is 29.3. The van der Waals surface area contributed by atoms with E-state index in [0.29, 0.717) is 12.2 Å². The van der Waals surface area contributed by atoms with Crippen molar-refractivity contribution < 1.29 is 28.7 Å². The molecule has 2 aromatic carbocycles. The lowest BCUT2D eigenvalue weighted by molar-refractivity contribution is -0.152. The van der Waals surface area contributed by atoms with Crippen molar-refractivity contribution in [3.63, 3.8) is 0 Å². The second-order valence-corrected chi connectivity index (χ2v) is 22.0. The number of hydrogen-bond acceptors (Lipinski definition) is 9. The zero-order valence-electron chi connectivity index (χ0n) is 41.2. The number of aromatic amines is 1. The van der Waals surface area contributed by atoms with E-state index in [1.807, 2.05) is 111 Å². The Kier molecular flexibility index (Phi) is 13.3. The van der Waals surface area contributed by atoms with E-state index in [9.17, 15) is 19.2 Å². The predicted molar refractivity (Wildman–Crippen MR) is 253 cm³/mol. The molecule has 0 saturated carbocycles. The minimum atomic E-state index is -1.47. The SMILES string of the molecule is CN(C)C(=O)O[C@@](C)(C(=O)N[C@H](C1=Nc2ccc(-c3ccc(-c4ccc5nc([C@@H](NC(=O)[C@](C)(OC(=O)N(C)C)C(C)(C)C)C(C)(C)C)[nH]c5c4)nc3)cc2C1)C(C)(C)C)C(C)(C)C. The van der Waals surface area contributed by atoms with Gasteiger partial charge in [-0.2, -0.15) is 0 Å². The second kappa shape index (κ2) is 17.3. The molecule has 14 nitrogen and oxygen atoms in total. The maximum Gasteiger partial charge on any atom is 0.410 e. The molecule has 2 aromatic heterocycles. The molecule has 1 aliphatic rings. The molecule has 3 heterocycles. The number of carbonyl (C=O) groups excluding carboxylic acids is 4. The van der Waals surface area contributed by atoms with Crippen LogP contribution in [0.15, 0.2) is 59.7 Å². The van der Waals surface area contributed by atoms with Crippen LogP contribution in [0.4, 0.5) is 15.3 Å². The van der Waals surface area contributed by atoms with Gasteiger partial charge in [0.15, 0.2) is 11.2 Å². The van der Waals surface area contributed by atoms with Crippen molar-refractivity contribution in [1.82, 2.24) is 35.4 Å². The third-order valence-electron chi connectivity index (χ3n) is 12.5. The summed E-state index contributed by atoms with van der Waals surface area (Å²) in [5.41, 5.74) is 2.67. The molecule has 5 rings (SSSR count). The van der Waals surface area contributed by atoms with E-state index in [-0.39, 0.29) is 5.91 Å². The highest BCUT2D eigenvalue weighted by atomic mass is 16.6. The van der Waals surface area contributed by atoms with Gasteiger partial charge in [0, 0.05) is 68.5 Å². The normalized spacial score (nSPS) is 16.1. The van der Waals surface area contributed by atoms with Crippen LogP contribution in [0.1, 0.15) is 114 Å². The Morgan fingerprint density at radius 3 is 1.61 bits per heavy atom. The first kappa shape index (κ1) is 49.2. The highest BCUT2D eigenvalue weighted by molar-refractivity contribution is 6.02. The van der Waals surface area contributed by atoms with Crippen LogP contribution in [0.2, 0.25) is 0 Å². The number of rotatable bonds is 10. The van der Waals surface area contributed by atoms with Gasteiger partial charge in [-0.1, -0.05) is 101 Å². The standard InChI is InChI=1S/C50H70N8O6/c1-45(2,3)38(55-41(59)49(13,47(7,8)9)63-43(61)57(15)16)37-27-32-25-29(19-23-34(32)52-37)31-21-22-33(51-28-31)30-20-24-35-36(26-30)54-40(53-35)39(46(4,5)6)56-42(60)50(14,48(10,11)12)64-44(62)58(17)18/h19-26,28,38-39H,27H2,1-18H3,(H,53,54)(H,55,59)(H,56,60)/t38-,39-,49+,50+/m1/s1. The van der Waals surface area contributed by atoms with Gasteiger partial charge in [0.25, 0.3) is 11.8 Å². The molecule has 4 amide bonds. The fourth-order valence-electron chi connectivity index (χ4n) is 7.28. The Labute approximate surface area is 379 Å². The lowest BCUT2D eigenvalue weighted by atomic mass is 9.75. The van der Waals surface area contributed by atoms with Crippen LogP contribution in [0, 0.1) is 21.7 Å². The van der Waals surface area contributed by atoms with Crippen LogP contribution in [-0.2, 0) is 25.5 Å². The van der Waals surface area contributed by atoms with E-state index < -0.39 is 63.0 Å². The van der Waals surface area contributed by atoms with Crippen LogP contribution in [-0.4, -0.2) is 99.9 Å². The molecule has 0 unspecified atom stereocenters. The van der Waals surface area contributed by atoms with Gasteiger partial charge in [-0.15, -0.1) is 0 Å². The first-order valence-electron chi connectivity index (χ1n) is 21.9. The molecule has 4 atom stereocenters. The fourth-order valence-corrected chi connectivity index (χ4v) is 7.28. The van der Waals surface area contributed by atoms with E-state index in [2.05, 4.69) is 42.5 Å².